The van der Waals surface area contributed by atoms with E-state index in [1.54, 1.807) is 5.57 Å². The van der Waals surface area contributed by atoms with Crippen molar-refractivity contribution in [1.29, 1.82) is 0 Å². The lowest BCUT2D eigenvalue weighted by Crippen LogP contribution is -2.34. The number of allylic oxidation sites excluding steroid dienone is 2. The molecule has 0 radical (unpaired) electrons. The zero-order chi connectivity index (χ0) is 30.1. The molecule has 0 spiro atoms. The van der Waals surface area contributed by atoms with Gasteiger partial charge in [-0.3, -0.25) is 0 Å². The van der Waals surface area contributed by atoms with Gasteiger partial charge in [0.1, 0.15) is 0 Å². The molecule has 0 amide bonds. The molecule has 0 nitrogen and oxygen atoms in total. The van der Waals surface area contributed by atoms with Crippen molar-refractivity contribution < 1.29 is 0 Å². The van der Waals surface area contributed by atoms with Gasteiger partial charge in [0.15, 0.2) is 0 Å². The van der Waals surface area contributed by atoms with Gasteiger partial charge in [0, 0.05) is 0 Å². The number of hydrogen-bond acceptors (Lipinski definition) is 0. The third kappa shape index (κ3) is 7.67. The Morgan fingerprint density at radius 3 is 1.70 bits per heavy atom. The highest BCUT2D eigenvalue weighted by molar-refractivity contribution is 5.81. The molecule has 6 rings (SSSR count). The molecule has 0 heterocycles. The van der Waals surface area contributed by atoms with E-state index in [9.17, 15) is 0 Å². The van der Waals surface area contributed by atoms with Crippen molar-refractivity contribution in [2.45, 2.75) is 109 Å². The first kappa shape index (κ1) is 31.1. The second-order valence-corrected chi connectivity index (χ2v) is 14.6. The summed E-state index contributed by atoms with van der Waals surface area (Å²) in [6.45, 7) is 10.1. The van der Waals surface area contributed by atoms with Crippen LogP contribution >= 0.6 is 0 Å². The van der Waals surface area contributed by atoms with Gasteiger partial charge in [-0.1, -0.05) is 168 Å². The Morgan fingerprint density at radius 2 is 1.07 bits per heavy atom. The molecule has 3 aromatic rings. The minimum absolute atomic E-state index is 0.507. The van der Waals surface area contributed by atoms with Gasteiger partial charge in [0.25, 0.3) is 0 Å². The molecule has 3 aliphatic rings. The van der Waals surface area contributed by atoms with Gasteiger partial charge in [0.2, 0.25) is 0 Å². The Kier molecular flexibility index (Phi) is 10.9. The Hall–Kier alpha value is -2.86. The summed E-state index contributed by atoms with van der Waals surface area (Å²) in [5, 5.41) is 0. The fourth-order valence-corrected chi connectivity index (χ4v) is 9.39. The smallest absolute Gasteiger partial charge is 0.00258 e. The fraction of sp³-hybridized carbons (Fsp3) is 0.500. The summed E-state index contributed by atoms with van der Waals surface area (Å²) in [5.41, 5.74) is 9.77. The van der Waals surface area contributed by atoms with Crippen LogP contribution in [0, 0.1) is 29.6 Å². The van der Waals surface area contributed by atoms with Crippen molar-refractivity contribution in [2.24, 2.45) is 29.6 Å². The first-order chi connectivity index (χ1) is 21.7. The van der Waals surface area contributed by atoms with Crippen molar-refractivity contribution in [1.82, 2.24) is 0 Å². The van der Waals surface area contributed by atoms with Gasteiger partial charge >= 0.3 is 0 Å². The van der Waals surface area contributed by atoms with Crippen LogP contribution in [0.25, 0.3) is 16.7 Å². The lowest BCUT2D eigenvalue weighted by Gasteiger charge is -2.44. The topological polar surface area (TPSA) is 0 Å². The molecule has 0 N–H and O–H groups in total. The summed E-state index contributed by atoms with van der Waals surface area (Å²) in [6, 6.07) is 29.4. The molecule has 3 aliphatic carbocycles. The molecule has 3 saturated carbocycles. The second-order valence-electron chi connectivity index (χ2n) is 14.6. The third-order valence-electron chi connectivity index (χ3n) is 11.6. The lowest BCUT2D eigenvalue weighted by atomic mass is 9.60. The summed E-state index contributed by atoms with van der Waals surface area (Å²) >= 11 is 0. The first-order valence-electron chi connectivity index (χ1n) is 18.3. The quantitative estimate of drug-likeness (QED) is 0.197. The van der Waals surface area contributed by atoms with E-state index in [1.165, 1.54) is 136 Å². The second kappa shape index (κ2) is 15.4. The third-order valence-corrected chi connectivity index (χ3v) is 11.6. The minimum atomic E-state index is 0.507. The van der Waals surface area contributed by atoms with E-state index in [4.69, 9.17) is 13.2 Å². The van der Waals surface area contributed by atoms with Crippen molar-refractivity contribution in [3.63, 3.8) is 0 Å². The molecule has 3 fully saturated rings. The average Bonchev–Trinajstić information content (AvgIpc) is 3.09. The van der Waals surface area contributed by atoms with E-state index in [0.29, 0.717) is 11.8 Å². The van der Waals surface area contributed by atoms with Crippen molar-refractivity contribution >= 4 is 5.57 Å². The monoisotopic (exact) mass is 584 g/mol. The van der Waals surface area contributed by atoms with Crippen LogP contribution < -0.4 is 0 Å². The van der Waals surface area contributed by atoms with Crippen LogP contribution in [0.2, 0.25) is 0 Å². The van der Waals surface area contributed by atoms with Crippen LogP contribution in [0.1, 0.15) is 119 Å². The van der Waals surface area contributed by atoms with E-state index in [1.807, 2.05) is 0 Å². The molecule has 0 bridgehead atoms. The van der Waals surface area contributed by atoms with Crippen LogP contribution in [-0.4, -0.2) is 0 Å². The molecule has 232 valence electrons. The largest absolute Gasteiger partial charge is 0.0995 e. The van der Waals surface area contributed by atoms with Gasteiger partial charge < -0.3 is 0 Å². The first-order valence-corrected chi connectivity index (χ1v) is 18.3. The maximum Gasteiger partial charge on any atom is -0.00258 e. The molecule has 0 aliphatic heterocycles. The van der Waals surface area contributed by atoms with Gasteiger partial charge in [-0.15, -0.1) is 0 Å². The van der Waals surface area contributed by atoms with Crippen molar-refractivity contribution in [3.8, 4) is 11.1 Å². The van der Waals surface area contributed by atoms with E-state index < -0.39 is 0 Å². The van der Waals surface area contributed by atoms with Gasteiger partial charge in [-0.05, 0) is 102 Å². The van der Waals surface area contributed by atoms with E-state index in [2.05, 4.69) is 78.9 Å². The van der Waals surface area contributed by atoms with Crippen LogP contribution in [0.15, 0.2) is 97.6 Å². The number of benzene rings is 3. The van der Waals surface area contributed by atoms with E-state index >= 15 is 0 Å². The van der Waals surface area contributed by atoms with Crippen LogP contribution in [-0.2, 0) is 6.42 Å². The summed E-state index contributed by atoms with van der Waals surface area (Å²) in [4.78, 5) is 0. The zero-order valence-corrected chi connectivity index (χ0v) is 27.3. The Balaban J connectivity index is 1.32. The lowest BCUT2D eigenvalue weighted by molar-refractivity contribution is 0.163. The maximum atomic E-state index is 5.06. The summed E-state index contributed by atoms with van der Waals surface area (Å²) in [7, 11) is 0. The fourth-order valence-electron chi connectivity index (χ4n) is 9.39. The van der Waals surface area contributed by atoms with Crippen LogP contribution in [0.5, 0.6) is 0 Å². The number of rotatable bonds is 11. The zero-order valence-electron chi connectivity index (χ0n) is 27.3. The highest BCUT2D eigenvalue weighted by Crippen LogP contribution is 2.51. The highest BCUT2D eigenvalue weighted by Gasteiger charge is 2.40. The summed E-state index contributed by atoms with van der Waals surface area (Å²) < 4.78 is 0. The molecule has 0 saturated heterocycles. The van der Waals surface area contributed by atoms with Crippen LogP contribution in [0.4, 0.5) is 0 Å². The van der Waals surface area contributed by atoms with Gasteiger partial charge in [-0.25, -0.2) is 0 Å². The van der Waals surface area contributed by atoms with Crippen molar-refractivity contribution in [2.75, 3.05) is 0 Å². The SMILES string of the molecule is C=C(CC1CCCCC1)C(C1CCCCC1)C(C(=C)c1ccccc1-c1ccc(Cc2ccccc2)cc1)C1CCCCC1. The average molecular weight is 585 g/mol. The molecular formula is C44H56. The molecule has 0 heteroatoms. The Labute approximate surface area is 269 Å². The molecular weight excluding hydrogens is 528 g/mol. The normalized spacial score (nSPS) is 20.2. The maximum absolute atomic E-state index is 5.06. The molecule has 3 aromatic carbocycles. The predicted octanol–water partition coefficient (Wildman–Crippen LogP) is 12.9. The minimum Gasteiger partial charge on any atom is -0.0995 e. The standard InChI is InChI=1S/C44H56/c1-33(31-35-17-7-3-8-18-35)43(39-21-11-5-12-22-39)44(40-23-13-6-14-24-40)34(2)41-25-15-16-26-42(41)38-29-27-37(28-30-38)32-36-19-9-4-10-20-36/h4,9-10,15-16,19-20,25-30,35,39-40,43-44H,1-3,5-8,11-14,17-18,21-24,31-32H2. The van der Waals surface area contributed by atoms with Crippen LogP contribution in [0.3, 0.4) is 0 Å². The van der Waals surface area contributed by atoms with E-state index in [-0.39, 0.29) is 0 Å². The Morgan fingerprint density at radius 1 is 0.545 bits per heavy atom. The Bertz CT molecular complexity index is 1330. The predicted molar refractivity (Wildman–Crippen MR) is 191 cm³/mol. The number of hydrogen-bond donors (Lipinski definition) is 0. The van der Waals surface area contributed by atoms with Gasteiger partial charge in [0.05, 0.1) is 0 Å². The molecule has 2 unspecified atom stereocenters. The molecule has 2 atom stereocenters. The highest BCUT2D eigenvalue weighted by atomic mass is 14.4. The van der Waals surface area contributed by atoms with E-state index in [0.717, 1.165) is 24.2 Å². The van der Waals surface area contributed by atoms with Crippen molar-refractivity contribution in [3.05, 3.63) is 114 Å². The molecule has 0 aromatic heterocycles. The summed E-state index contributed by atoms with van der Waals surface area (Å²) in [5.74, 6) is 3.44. The molecule has 44 heavy (non-hydrogen) atoms. The van der Waals surface area contributed by atoms with Gasteiger partial charge in [-0.2, -0.15) is 0 Å². The summed E-state index contributed by atoms with van der Waals surface area (Å²) in [6.07, 6.45) is 23.2.